The Balaban J connectivity index is 2.76. The Bertz CT molecular complexity index is 298. The average Bonchev–Trinajstić information content (AvgIpc) is 2.28. The Kier molecular flexibility index (Phi) is 4.63. The molecular formula is C13H21NO. The Morgan fingerprint density at radius 1 is 1.27 bits per heavy atom. The van der Waals surface area contributed by atoms with Crippen molar-refractivity contribution in [3.63, 3.8) is 0 Å². The molecule has 0 amide bonds. The molecule has 0 heterocycles. The maximum atomic E-state index is 5.36. The number of para-hydroxylation sites is 1. The summed E-state index contributed by atoms with van der Waals surface area (Å²) in [6.45, 7) is 4.44. The van der Waals surface area contributed by atoms with Gasteiger partial charge >= 0.3 is 0 Å². The third kappa shape index (κ3) is 3.24. The molecule has 0 saturated carbocycles. The number of nitrogens with one attached hydrogen (secondary N) is 1. The number of benzene rings is 1. The molecule has 2 unspecified atom stereocenters. The topological polar surface area (TPSA) is 21.3 Å². The summed E-state index contributed by atoms with van der Waals surface area (Å²) in [7, 11) is 3.73. The summed E-state index contributed by atoms with van der Waals surface area (Å²) in [5.74, 6) is 1.51. The Morgan fingerprint density at radius 3 is 2.53 bits per heavy atom. The minimum absolute atomic E-state index is 0.517. The molecule has 1 aromatic carbocycles. The lowest BCUT2D eigenvalue weighted by Crippen LogP contribution is -2.23. The number of methoxy groups -OCH3 is 1. The number of rotatable bonds is 5. The molecule has 0 saturated heterocycles. The SMILES string of the molecule is CNC(C)CC(C)c1ccccc1OC. The average molecular weight is 207 g/mol. The van der Waals surface area contributed by atoms with Crippen LogP contribution in [0.3, 0.4) is 0 Å². The second kappa shape index (κ2) is 5.76. The molecule has 15 heavy (non-hydrogen) atoms. The van der Waals surface area contributed by atoms with E-state index in [-0.39, 0.29) is 0 Å². The first-order valence-corrected chi connectivity index (χ1v) is 5.49. The smallest absolute Gasteiger partial charge is 0.122 e. The number of ether oxygens (including phenoxy) is 1. The first-order chi connectivity index (χ1) is 7.19. The van der Waals surface area contributed by atoms with Crippen molar-refractivity contribution in [3.05, 3.63) is 29.8 Å². The van der Waals surface area contributed by atoms with E-state index in [1.807, 2.05) is 19.2 Å². The van der Waals surface area contributed by atoms with Crippen LogP contribution in [0.4, 0.5) is 0 Å². The van der Waals surface area contributed by atoms with Gasteiger partial charge < -0.3 is 10.1 Å². The molecule has 2 nitrogen and oxygen atoms in total. The summed E-state index contributed by atoms with van der Waals surface area (Å²) < 4.78 is 5.36. The molecule has 0 spiro atoms. The van der Waals surface area contributed by atoms with Gasteiger partial charge in [0.2, 0.25) is 0 Å². The van der Waals surface area contributed by atoms with E-state index in [4.69, 9.17) is 4.74 Å². The summed E-state index contributed by atoms with van der Waals surface area (Å²) in [4.78, 5) is 0. The Labute approximate surface area is 92.6 Å². The molecule has 0 radical (unpaired) electrons. The fourth-order valence-corrected chi connectivity index (χ4v) is 1.85. The van der Waals surface area contributed by atoms with E-state index in [0.717, 1.165) is 12.2 Å². The van der Waals surface area contributed by atoms with Crippen molar-refractivity contribution >= 4 is 0 Å². The van der Waals surface area contributed by atoms with Gasteiger partial charge in [0.05, 0.1) is 7.11 Å². The summed E-state index contributed by atoms with van der Waals surface area (Å²) in [5, 5.41) is 3.26. The Hall–Kier alpha value is -1.02. The third-order valence-corrected chi connectivity index (χ3v) is 2.87. The molecular weight excluding hydrogens is 186 g/mol. The van der Waals surface area contributed by atoms with Crippen LogP contribution in [-0.4, -0.2) is 20.2 Å². The van der Waals surface area contributed by atoms with Gasteiger partial charge in [-0.25, -0.2) is 0 Å². The molecule has 0 bridgehead atoms. The van der Waals surface area contributed by atoms with Crippen molar-refractivity contribution in [1.29, 1.82) is 0 Å². The second-order valence-corrected chi connectivity index (χ2v) is 4.07. The van der Waals surface area contributed by atoms with Crippen LogP contribution < -0.4 is 10.1 Å². The zero-order chi connectivity index (χ0) is 11.3. The lowest BCUT2D eigenvalue weighted by Gasteiger charge is -2.19. The van der Waals surface area contributed by atoms with Gasteiger partial charge in [-0.3, -0.25) is 0 Å². The van der Waals surface area contributed by atoms with Crippen molar-refractivity contribution in [1.82, 2.24) is 5.32 Å². The van der Waals surface area contributed by atoms with Gasteiger partial charge in [0.25, 0.3) is 0 Å². The van der Waals surface area contributed by atoms with E-state index >= 15 is 0 Å². The van der Waals surface area contributed by atoms with E-state index < -0.39 is 0 Å². The standard InChI is InChI=1S/C13H21NO/c1-10(9-11(2)14-3)12-7-5-6-8-13(12)15-4/h5-8,10-11,14H,9H2,1-4H3. The highest BCUT2D eigenvalue weighted by Gasteiger charge is 2.13. The van der Waals surface area contributed by atoms with Gasteiger partial charge in [-0.2, -0.15) is 0 Å². The van der Waals surface area contributed by atoms with Crippen molar-refractivity contribution in [2.45, 2.75) is 32.2 Å². The van der Waals surface area contributed by atoms with Gasteiger partial charge in [-0.1, -0.05) is 25.1 Å². The van der Waals surface area contributed by atoms with Crippen LogP contribution in [0.25, 0.3) is 0 Å². The highest BCUT2D eigenvalue weighted by atomic mass is 16.5. The molecule has 2 atom stereocenters. The van der Waals surface area contributed by atoms with Crippen LogP contribution in [0, 0.1) is 0 Å². The van der Waals surface area contributed by atoms with E-state index in [2.05, 4.69) is 31.3 Å². The largest absolute Gasteiger partial charge is 0.496 e. The monoisotopic (exact) mass is 207 g/mol. The normalized spacial score (nSPS) is 14.7. The maximum absolute atomic E-state index is 5.36. The van der Waals surface area contributed by atoms with Gasteiger partial charge in [-0.15, -0.1) is 0 Å². The molecule has 0 fully saturated rings. The van der Waals surface area contributed by atoms with Crippen LogP contribution in [0.2, 0.25) is 0 Å². The molecule has 1 N–H and O–H groups in total. The van der Waals surface area contributed by atoms with Crippen LogP contribution in [0.15, 0.2) is 24.3 Å². The van der Waals surface area contributed by atoms with E-state index in [9.17, 15) is 0 Å². The highest BCUT2D eigenvalue weighted by molar-refractivity contribution is 5.35. The highest BCUT2D eigenvalue weighted by Crippen LogP contribution is 2.28. The maximum Gasteiger partial charge on any atom is 0.122 e. The predicted molar refractivity (Wildman–Crippen MR) is 64.5 cm³/mol. The van der Waals surface area contributed by atoms with Crippen LogP contribution >= 0.6 is 0 Å². The van der Waals surface area contributed by atoms with Crippen molar-refractivity contribution < 1.29 is 4.74 Å². The van der Waals surface area contributed by atoms with E-state index in [1.54, 1.807) is 7.11 Å². The van der Waals surface area contributed by atoms with Gasteiger partial charge in [0.15, 0.2) is 0 Å². The summed E-state index contributed by atoms with van der Waals surface area (Å²) >= 11 is 0. The first-order valence-electron chi connectivity index (χ1n) is 5.49. The van der Waals surface area contributed by atoms with Gasteiger partial charge in [0.1, 0.15) is 5.75 Å². The summed E-state index contributed by atoms with van der Waals surface area (Å²) in [5.41, 5.74) is 1.29. The van der Waals surface area contributed by atoms with Crippen molar-refractivity contribution in [2.75, 3.05) is 14.2 Å². The molecule has 84 valence electrons. The molecule has 1 rings (SSSR count). The minimum Gasteiger partial charge on any atom is -0.496 e. The third-order valence-electron chi connectivity index (χ3n) is 2.87. The quantitative estimate of drug-likeness (QED) is 0.801. The van der Waals surface area contributed by atoms with Gasteiger partial charge in [0, 0.05) is 6.04 Å². The van der Waals surface area contributed by atoms with Crippen LogP contribution in [0.1, 0.15) is 31.7 Å². The van der Waals surface area contributed by atoms with Crippen LogP contribution in [-0.2, 0) is 0 Å². The molecule has 0 aliphatic carbocycles. The number of hydrogen-bond donors (Lipinski definition) is 1. The second-order valence-electron chi connectivity index (χ2n) is 4.07. The molecule has 0 aliphatic heterocycles. The zero-order valence-electron chi connectivity index (χ0n) is 10.1. The van der Waals surface area contributed by atoms with Crippen LogP contribution in [0.5, 0.6) is 5.75 Å². The first kappa shape index (κ1) is 12.1. The predicted octanol–water partition coefficient (Wildman–Crippen LogP) is 2.80. The van der Waals surface area contributed by atoms with E-state index in [0.29, 0.717) is 12.0 Å². The molecule has 0 aliphatic rings. The fraction of sp³-hybridized carbons (Fsp3) is 0.538. The minimum atomic E-state index is 0.517. The van der Waals surface area contributed by atoms with E-state index in [1.165, 1.54) is 5.56 Å². The molecule has 0 aromatic heterocycles. The summed E-state index contributed by atoms with van der Waals surface area (Å²) in [6, 6.07) is 8.78. The molecule has 2 heteroatoms. The summed E-state index contributed by atoms with van der Waals surface area (Å²) in [6.07, 6.45) is 1.12. The van der Waals surface area contributed by atoms with Crippen molar-refractivity contribution in [2.24, 2.45) is 0 Å². The number of hydrogen-bond acceptors (Lipinski definition) is 2. The Morgan fingerprint density at radius 2 is 1.93 bits per heavy atom. The molecule has 1 aromatic rings. The van der Waals surface area contributed by atoms with Gasteiger partial charge in [-0.05, 0) is 37.9 Å². The zero-order valence-corrected chi connectivity index (χ0v) is 10.1. The fourth-order valence-electron chi connectivity index (χ4n) is 1.85. The van der Waals surface area contributed by atoms with Crippen molar-refractivity contribution in [3.8, 4) is 5.75 Å². The lowest BCUT2D eigenvalue weighted by atomic mass is 9.94. The lowest BCUT2D eigenvalue weighted by molar-refractivity contribution is 0.402.